The largest absolute Gasteiger partial charge is 0.356 e. The van der Waals surface area contributed by atoms with Crippen LogP contribution in [0.4, 0.5) is 5.82 Å². The summed E-state index contributed by atoms with van der Waals surface area (Å²) in [5.74, 6) is 2.08. The summed E-state index contributed by atoms with van der Waals surface area (Å²) in [5, 5.41) is 5.40. The zero-order valence-electron chi connectivity index (χ0n) is 15.1. The fraction of sp³-hybridized carbons (Fsp3) is 0.450. The Labute approximate surface area is 152 Å². The molecule has 1 aliphatic carbocycles. The van der Waals surface area contributed by atoms with Crippen molar-refractivity contribution in [2.45, 2.75) is 32.7 Å². The summed E-state index contributed by atoms with van der Waals surface area (Å²) in [7, 11) is 0. The third-order valence-corrected chi connectivity index (χ3v) is 5.52. The Morgan fingerprint density at radius 3 is 2.77 bits per heavy atom. The van der Waals surface area contributed by atoms with Crippen LogP contribution >= 0.6 is 0 Å². The number of anilines is 1. The van der Waals surface area contributed by atoms with Crippen molar-refractivity contribution in [1.82, 2.24) is 20.0 Å². The summed E-state index contributed by atoms with van der Waals surface area (Å²) in [6.45, 7) is 6.87. The molecule has 2 aromatic heterocycles. The topological polar surface area (TPSA) is 58.3 Å². The summed E-state index contributed by atoms with van der Waals surface area (Å²) in [6.07, 6.45) is 3.43. The molecule has 1 saturated heterocycles. The maximum absolute atomic E-state index is 5.44. The van der Waals surface area contributed by atoms with Crippen LogP contribution in [0.25, 0.3) is 11.0 Å². The Morgan fingerprint density at radius 1 is 1.04 bits per heavy atom. The molecule has 0 amide bonds. The first-order valence-electron chi connectivity index (χ1n) is 9.45. The quantitative estimate of drug-likeness (QED) is 0.725. The number of nitrogens with zero attached hydrogens (tertiary/aromatic N) is 5. The Balaban J connectivity index is 1.30. The van der Waals surface area contributed by atoms with Gasteiger partial charge < -0.3 is 9.42 Å². The van der Waals surface area contributed by atoms with Gasteiger partial charge in [0.05, 0.1) is 0 Å². The molecule has 0 radical (unpaired) electrons. The number of rotatable bonds is 3. The molecular weight excluding hydrogens is 326 g/mol. The van der Waals surface area contributed by atoms with Gasteiger partial charge in [0.1, 0.15) is 17.3 Å². The number of benzene rings is 1. The van der Waals surface area contributed by atoms with Gasteiger partial charge in [0.2, 0.25) is 0 Å². The lowest BCUT2D eigenvalue weighted by molar-refractivity contribution is 0.242. The van der Waals surface area contributed by atoms with Gasteiger partial charge in [0.25, 0.3) is 0 Å². The highest BCUT2D eigenvalue weighted by Gasteiger charge is 2.25. The van der Waals surface area contributed by atoms with Crippen molar-refractivity contribution in [1.29, 1.82) is 0 Å². The molecule has 3 heterocycles. The smallest absolute Gasteiger partial charge is 0.167 e. The van der Waals surface area contributed by atoms with Crippen molar-refractivity contribution in [3.63, 3.8) is 0 Å². The predicted octanol–water partition coefficient (Wildman–Crippen LogP) is 2.74. The Morgan fingerprint density at radius 2 is 1.88 bits per heavy atom. The van der Waals surface area contributed by atoms with E-state index in [-0.39, 0.29) is 0 Å². The van der Waals surface area contributed by atoms with Crippen LogP contribution in [-0.4, -0.2) is 46.2 Å². The molecule has 6 heteroatoms. The number of piperazine rings is 1. The van der Waals surface area contributed by atoms with E-state index in [2.05, 4.69) is 26.0 Å². The predicted molar refractivity (Wildman–Crippen MR) is 100 cm³/mol. The third-order valence-electron chi connectivity index (χ3n) is 5.52. The molecule has 0 spiro atoms. The minimum atomic E-state index is 0.839. The van der Waals surface area contributed by atoms with E-state index in [1.807, 2.05) is 25.1 Å². The Hall–Kier alpha value is -2.47. The SMILES string of the molecule is Cc1nc2c(c(N3CCN(Cc4noc5ccccc45)CC3)n1)CCC2. The van der Waals surface area contributed by atoms with Gasteiger partial charge in [-0.15, -0.1) is 0 Å². The van der Waals surface area contributed by atoms with Crippen molar-refractivity contribution < 1.29 is 4.52 Å². The first-order chi connectivity index (χ1) is 12.8. The minimum Gasteiger partial charge on any atom is -0.356 e. The molecule has 2 aliphatic rings. The van der Waals surface area contributed by atoms with Gasteiger partial charge in [-0.05, 0) is 38.3 Å². The van der Waals surface area contributed by atoms with E-state index in [1.54, 1.807) is 0 Å². The van der Waals surface area contributed by atoms with Crippen LogP contribution in [0, 0.1) is 6.92 Å². The van der Waals surface area contributed by atoms with E-state index >= 15 is 0 Å². The standard InChI is InChI=1S/C20H23N5O/c1-14-21-17-7-4-6-16(17)20(22-14)25-11-9-24(10-12-25)13-18-15-5-2-3-8-19(15)26-23-18/h2-3,5,8H,4,6-7,9-13H2,1H3. The van der Waals surface area contributed by atoms with Crippen LogP contribution in [0.5, 0.6) is 0 Å². The molecule has 6 nitrogen and oxygen atoms in total. The highest BCUT2D eigenvalue weighted by atomic mass is 16.5. The Kier molecular flexibility index (Phi) is 3.85. The van der Waals surface area contributed by atoms with E-state index < -0.39 is 0 Å². The van der Waals surface area contributed by atoms with E-state index in [4.69, 9.17) is 9.51 Å². The van der Waals surface area contributed by atoms with Crippen LogP contribution < -0.4 is 4.90 Å². The normalized spacial score (nSPS) is 17.8. The molecule has 1 aromatic carbocycles. The lowest BCUT2D eigenvalue weighted by Crippen LogP contribution is -2.46. The average molecular weight is 349 g/mol. The summed E-state index contributed by atoms with van der Waals surface area (Å²) in [6, 6.07) is 8.09. The molecular formula is C20H23N5O. The van der Waals surface area contributed by atoms with Gasteiger partial charge >= 0.3 is 0 Å². The lowest BCUT2D eigenvalue weighted by Gasteiger charge is -2.36. The average Bonchev–Trinajstić information content (AvgIpc) is 3.29. The second-order valence-corrected chi connectivity index (χ2v) is 7.26. The van der Waals surface area contributed by atoms with E-state index in [0.717, 1.165) is 68.1 Å². The lowest BCUT2D eigenvalue weighted by atomic mass is 10.2. The zero-order valence-corrected chi connectivity index (χ0v) is 15.1. The van der Waals surface area contributed by atoms with E-state index in [1.165, 1.54) is 23.5 Å². The first-order valence-corrected chi connectivity index (χ1v) is 9.45. The zero-order chi connectivity index (χ0) is 17.5. The minimum absolute atomic E-state index is 0.839. The molecule has 0 unspecified atom stereocenters. The van der Waals surface area contributed by atoms with Crippen molar-refractivity contribution in [3.8, 4) is 0 Å². The Bertz CT molecular complexity index is 943. The molecule has 1 aliphatic heterocycles. The fourth-order valence-electron chi connectivity index (χ4n) is 4.18. The van der Waals surface area contributed by atoms with Gasteiger partial charge in [0.15, 0.2) is 5.58 Å². The maximum Gasteiger partial charge on any atom is 0.167 e. The molecule has 134 valence electrons. The second kappa shape index (κ2) is 6.36. The van der Waals surface area contributed by atoms with Gasteiger partial charge in [-0.1, -0.05) is 17.3 Å². The molecule has 1 fully saturated rings. The van der Waals surface area contributed by atoms with Crippen molar-refractivity contribution in [3.05, 3.63) is 47.0 Å². The second-order valence-electron chi connectivity index (χ2n) is 7.26. The van der Waals surface area contributed by atoms with Gasteiger partial charge in [-0.3, -0.25) is 4.90 Å². The summed E-state index contributed by atoms with van der Waals surface area (Å²) in [4.78, 5) is 14.3. The highest BCUT2D eigenvalue weighted by molar-refractivity contribution is 5.79. The molecule has 5 rings (SSSR count). The van der Waals surface area contributed by atoms with Crippen molar-refractivity contribution in [2.24, 2.45) is 0 Å². The monoisotopic (exact) mass is 349 g/mol. The molecule has 3 aromatic rings. The van der Waals surface area contributed by atoms with Crippen LogP contribution in [0.3, 0.4) is 0 Å². The molecule has 0 saturated carbocycles. The van der Waals surface area contributed by atoms with E-state index in [9.17, 15) is 0 Å². The number of hydrogen-bond acceptors (Lipinski definition) is 6. The van der Waals surface area contributed by atoms with Crippen LogP contribution in [0.2, 0.25) is 0 Å². The number of hydrogen-bond donors (Lipinski definition) is 0. The van der Waals surface area contributed by atoms with Crippen LogP contribution in [0.1, 0.15) is 29.2 Å². The maximum atomic E-state index is 5.44. The van der Waals surface area contributed by atoms with E-state index in [0.29, 0.717) is 0 Å². The fourth-order valence-corrected chi connectivity index (χ4v) is 4.18. The molecule has 0 bridgehead atoms. The number of aryl methyl sites for hydroxylation is 2. The van der Waals surface area contributed by atoms with Gasteiger partial charge in [0, 0.05) is 49.4 Å². The summed E-state index contributed by atoms with van der Waals surface area (Å²) >= 11 is 0. The summed E-state index contributed by atoms with van der Waals surface area (Å²) < 4.78 is 5.44. The molecule has 0 N–H and O–H groups in total. The third kappa shape index (κ3) is 2.74. The number of para-hydroxylation sites is 1. The first kappa shape index (κ1) is 15.8. The van der Waals surface area contributed by atoms with Gasteiger partial charge in [-0.2, -0.15) is 0 Å². The van der Waals surface area contributed by atoms with Crippen molar-refractivity contribution in [2.75, 3.05) is 31.1 Å². The number of aromatic nitrogens is 3. The summed E-state index contributed by atoms with van der Waals surface area (Å²) in [5.41, 5.74) is 4.55. The van der Waals surface area contributed by atoms with Crippen molar-refractivity contribution >= 4 is 16.8 Å². The highest BCUT2D eigenvalue weighted by Crippen LogP contribution is 2.29. The van der Waals surface area contributed by atoms with Crippen LogP contribution in [-0.2, 0) is 19.4 Å². The molecule has 0 atom stereocenters. The molecule has 26 heavy (non-hydrogen) atoms. The van der Waals surface area contributed by atoms with Crippen LogP contribution in [0.15, 0.2) is 28.8 Å². The number of fused-ring (bicyclic) bond motifs is 2. The van der Waals surface area contributed by atoms with Gasteiger partial charge in [-0.25, -0.2) is 9.97 Å².